The maximum Gasteiger partial charge on any atom is 0.416 e. The maximum atomic E-state index is 13.5. The van der Waals surface area contributed by atoms with Crippen LogP contribution in [0.1, 0.15) is 86.3 Å². The molecule has 212 valence electrons. The van der Waals surface area contributed by atoms with Crippen LogP contribution in [0.2, 0.25) is 0 Å². The van der Waals surface area contributed by atoms with Gasteiger partial charge in [0.15, 0.2) is 0 Å². The van der Waals surface area contributed by atoms with E-state index >= 15 is 0 Å². The number of benzene rings is 2. The summed E-state index contributed by atoms with van der Waals surface area (Å²) >= 11 is 0. The van der Waals surface area contributed by atoms with Crippen LogP contribution in [-0.4, -0.2) is 48.3 Å². The Balaban J connectivity index is 0.00000200. The summed E-state index contributed by atoms with van der Waals surface area (Å²) < 4.78 is 40.5. The van der Waals surface area contributed by atoms with E-state index in [9.17, 15) is 18.3 Å². The number of rotatable bonds is 6. The number of aliphatic hydroxyl groups is 1. The monoisotopic (exact) mass is 572 g/mol. The number of halogens is 5. The molecule has 38 heavy (non-hydrogen) atoms. The summed E-state index contributed by atoms with van der Waals surface area (Å²) in [7, 11) is 0. The molecule has 0 amide bonds. The third-order valence-electron chi connectivity index (χ3n) is 8.84. The molecular weight excluding hydrogens is 532 g/mol. The van der Waals surface area contributed by atoms with E-state index in [2.05, 4.69) is 34.1 Å². The van der Waals surface area contributed by atoms with Crippen molar-refractivity contribution in [3.8, 4) is 0 Å². The van der Waals surface area contributed by atoms with Gasteiger partial charge in [-0.25, -0.2) is 0 Å². The fourth-order valence-corrected chi connectivity index (χ4v) is 6.79. The van der Waals surface area contributed by atoms with Crippen LogP contribution in [-0.2, 0) is 6.18 Å². The average Bonchev–Trinajstić information content (AvgIpc) is 3.43. The van der Waals surface area contributed by atoms with Gasteiger partial charge >= 0.3 is 6.18 Å². The molecule has 3 aliphatic rings. The Morgan fingerprint density at radius 1 is 0.842 bits per heavy atom. The SMILES string of the molecule is Cl.Cl.OC1(C(CN2CCC(c3ccccc3N3CCCC3)CC2)c2cccc(C(F)(F)F)c2)CCCCC1. The van der Waals surface area contributed by atoms with Crippen LogP contribution < -0.4 is 4.90 Å². The van der Waals surface area contributed by atoms with Gasteiger partial charge in [0.25, 0.3) is 0 Å². The number of likely N-dealkylation sites (tertiary alicyclic amines) is 1. The van der Waals surface area contributed by atoms with Crippen molar-refractivity contribution in [1.82, 2.24) is 4.90 Å². The molecule has 0 aromatic heterocycles. The van der Waals surface area contributed by atoms with Gasteiger partial charge < -0.3 is 14.9 Å². The second kappa shape index (κ2) is 13.3. The molecule has 3 fully saturated rings. The van der Waals surface area contributed by atoms with E-state index in [4.69, 9.17) is 0 Å². The number of anilines is 1. The van der Waals surface area contributed by atoms with Crippen LogP contribution in [0, 0.1) is 0 Å². The Labute approximate surface area is 237 Å². The van der Waals surface area contributed by atoms with Crippen molar-refractivity contribution in [1.29, 1.82) is 0 Å². The van der Waals surface area contributed by atoms with Crippen LogP contribution in [0.3, 0.4) is 0 Å². The summed E-state index contributed by atoms with van der Waals surface area (Å²) in [6.07, 6.45) is 4.48. The number of nitrogens with zero attached hydrogens (tertiary/aromatic N) is 2. The minimum Gasteiger partial charge on any atom is -0.389 e. The molecule has 2 aromatic rings. The predicted molar refractivity (Wildman–Crippen MR) is 153 cm³/mol. The molecule has 1 aliphatic carbocycles. The van der Waals surface area contributed by atoms with E-state index in [0.717, 1.165) is 64.3 Å². The number of alkyl halides is 3. The summed E-state index contributed by atoms with van der Waals surface area (Å²) in [5, 5.41) is 11.7. The standard InChI is InChI=1S/C30H39F3N2O.2ClH/c31-30(32,33)25-10-8-9-24(21-25)27(29(36)15-4-1-5-16-29)22-34-19-13-23(14-20-34)26-11-2-3-12-28(26)35-17-6-7-18-35;;/h2-3,8-12,21,23,27,36H,1,4-7,13-20,22H2;2*1H. The fourth-order valence-electron chi connectivity index (χ4n) is 6.79. The topological polar surface area (TPSA) is 26.7 Å². The first-order valence-corrected chi connectivity index (χ1v) is 13.8. The van der Waals surface area contributed by atoms with Gasteiger partial charge in [0.1, 0.15) is 0 Å². The summed E-state index contributed by atoms with van der Waals surface area (Å²) in [5.74, 6) is 0.191. The molecule has 2 saturated heterocycles. The van der Waals surface area contributed by atoms with Crippen LogP contribution in [0.4, 0.5) is 18.9 Å². The van der Waals surface area contributed by atoms with Crippen LogP contribution in [0.25, 0.3) is 0 Å². The number of para-hydroxylation sites is 1. The van der Waals surface area contributed by atoms with Crippen LogP contribution in [0.15, 0.2) is 48.5 Å². The zero-order valence-corrected chi connectivity index (χ0v) is 23.6. The van der Waals surface area contributed by atoms with Gasteiger partial charge in [-0.15, -0.1) is 24.8 Å². The zero-order valence-electron chi connectivity index (χ0n) is 22.0. The van der Waals surface area contributed by atoms with Crippen LogP contribution >= 0.6 is 24.8 Å². The van der Waals surface area contributed by atoms with Crippen molar-refractivity contribution in [2.24, 2.45) is 0 Å². The van der Waals surface area contributed by atoms with Gasteiger partial charge in [-0.3, -0.25) is 0 Å². The molecule has 2 heterocycles. The van der Waals surface area contributed by atoms with Crippen molar-refractivity contribution in [3.63, 3.8) is 0 Å². The highest BCUT2D eigenvalue weighted by Crippen LogP contribution is 2.43. The van der Waals surface area contributed by atoms with Crippen molar-refractivity contribution >= 4 is 30.5 Å². The molecule has 0 spiro atoms. The molecule has 0 bridgehead atoms. The van der Waals surface area contributed by atoms with Gasteiger partial charge in [-0.2, -0.15) is 13.2 Å². The van der Waals surface area contributed by atoms with Crippen molar-refractivity contribution in [2.45, 2.75) is 81.4 Å². The first-order chi connectivity index (χ1) is 17.3. The summed E-state index contributed by atoms with van der Waals surface area (Å²) in [4.78, 5) is 4.90. The summed E-state index contributed by atoms with van der Waals surface area (Å²) in [6, 6.07) is 14.5. The minimum atomic E-state index is -4.38. The average molecular weight is 574 g/mol. The molecule has 8 heteroatoms. The third-order valence-corrected chi connectivity index (χ3v) is 8.84. The quantitative estimate of drug-likeness (QED) is 0.382. The fraction of sp³-hybridized carbons (Fsp3) is 0.600. The first-order valence-electron chi connectivity index (χ1n) is 13.8. The van der Waals surface area contributed by atoms with Crippen LogP contribution in [0.5, 0.6) is 0 Å². The van der Waals surface area contributed by atoms with Crippen molar-refractivity contribution in [2.75, 3.05) is 37.6 Å². The zero-order chi connectivity index (χ0) is 25.2. The van der Waals surface area contributed by atoms with E-state index in [1.165, 1.54) is 36.2 Å². The van der Waals surface area contributed by atoms with Gasteiger partial charge in [0, 0.05) is 31.2 Å². The molecule has 0 radical (unpaired) electrons. The van der Waals surface area contributed by atoms with Crippen molar-refractivity contribution < 1.29 is 18.3 Å². The lowest BCUT2D eigenvalue weighted by molar-refractivity contribution is -0.137. The third kappa shape index (κ3) is 6.99. The Morgan fingerprint density at radius 3 is 2.16 bits per heavy atom. The molecule has 1 saturated carbocycles. The summed E-state index contributed by atoms with van der Waals surface area (Å²) in [5.41, 5.74) is 1.88. The Hall–Kier alpha value is -1.47. The molecule has 5 rings (SSSR count). The largest absolute Gasteiger partial charge is 0.416 e. The number of hydrogen-bond donors (Lipinski definition) is 1. The highest BCUT2D eigenvalue weighted by molar-refractivity contribution is 5.85. The Bertz CT molecular complexity index is 1010. The molecule has 1 N–H and O–H groups in total. The number of piperidine rings is 1. The predicted octanol–water partition coefficient (Wildman–Crippen LogP) is 7.81. The molecular formula is C30H41Cl2F3N2O. The lowest BCUT2D eigenvalue weighted by Crippen LogP contribution is -2.46. The van der Waals surface area contributed by atoms with Gasteiger partial charge in [0.2, 0.25) is 0 Å². The van der Waals surface area contributed by atoms with Gasteiger partial charge in [-0.1, -0.05) is 55.7 Å². The van der Waals surface area contributed by atoms with E-state index < -0.39 is 17.3 Å². The minimum absolute atomic E-state index is 0. The highest BCUT2D eigenvalue weighted by atomic mass is 35.5. The maximum absolute atomic E-state index is 13.5. The Kier molecular flexibility index (Phi) is 10.8. The van der Waals surface area contributed by atoms with Gasteiger partial charge in [-0.05, 0) is 80.8 Å². The van der Waals surface area contributed by atoms with Gasteiger partial charge in [0.05, 0.1) is 11.2 Å². The normalized spacial score (nSPS) is 21.4. The van der Waals surface area contributed by atoms with E-state index in [1.54, 1.807) is 6.07 Å². The second-order valence-electron chi connectivity index (χ2n) is 11.2. The molecule has 2 aromatic carbocycles. The lowest BCUT2D eigenvalue weighted by Gasteiger charge is -2.43. The molecule has 3 nitrogen and oxygen atoms in total. The van der Waals surface area contributed by atoms with E-state index in [1.807, 2.05) is 0 Å². The first kappa shape index (κ1) is 31.1. The summed E-state index contributed by atoms with van der Waals surface area (Å²) in [6.45, 7) is 4.69. The van der Waals surface area contributed by atoms with E-state index in [-0.39, 0.29) is 30.7 Å². The number of hydrogen-bond acceptors (Lipinski definition) is 3. The van der Waals surface area contributed by atoms with E-state index in [0.29, 0.717) is 30.9 Å². The smallest absolute Gasteiger partial charge is 0.389 e. The molecule has 1 unspecified atom stereocenters. The second-order valence-corrected chi connectivity index (χ2v) is 11.2. The molecule has 2 aliphatic heterocycles. The molecule has 1 atom stereocenters. The highest BCUT2D eigenvalue weighted by Gasteiger charge is 2.41. The lowest BCUT2D eigenvalue weighted by atomic mass is 9.72. The van der Waals surface area contributed by atoms with Crippen molar-refractivity contribution in [3.05, 3.63) is 65.2 Å². The Morgan fingerprint density at radius 2 is 1.50 bits per heavy atom.